The first kappa shape index (κ1) is 22.6. The Kier molecular flexibility index (Phi) is 6.21. The number of rotatable bonds is 7. The van der Waals surface area contributed by atoms with Gasteiger partial charge in [-0.1, -0.05) is 35.0 Å². The minimum absolute atomic E-state index is 0.0902. The van der Waals surface area contributed by atoms with Crippen LogP contribution in [-0.2, 0) is 11.4 Å². The van der Waals surface area contributed by atoms with Gasteiger partial charge in [-0.05, 0) is 30.3 Å². The first-order valence-corrected chi connectivity index (χ1v) is 10.9. The van der Waals surface area contributed by atoms with Crippen LogP contribution in [0.4, 0.5) is 4.39 Å². The zero-order valence-electron chi connectivity index (χ0n) is 18.1. The summed E-state index contributed by atoms with van der Waals surface area (Å²) >= 11 is 6.30. The number of aliphatic hydroxyl groups excluding tert-OH is 1. The van der Waals surface area contributed by atoms with Crippen molar-refractivity contribution in [2.45, 2.75) is 6.54 Å². The fraction of sp³-hybridized carbons (Fsp3) is 0.125. The summed E-state index contributed by atoms with van der Waals surface area (Å²) in [4.78, 5) is 13.5. The lowest BCUT2D eigenvalue weighted by Gasteiger charge is -2.13. The Labute approximate surface area is 203 Å². The number of oxime groups is 1. The SMILES string of the molecule is [O-]/C(=N\OCCO)c1ccc(-c2ccc3nnn(Cc4cc5cccnc5cc4F)c3n2)cc1Cl. The molecule has 0 radical (unpaired) electrons. The van der Waals surface area contributed by atoms with Gasteiger partial charge in [-0.3, -0.25) is 4.98 Å². The van der Waals surface area contributed by atoms with E-state index in [-0.39, 0.29) is 30.3 Å². The molecule has 0 saturated heterocycles. The predicted octanol–water partition coefficient (Wildman–Crippen LogP) is 2.91. The van der Waals surface area contributed by atoms with E-state index in [2.05, 4.69) is 25.4 Å². The molecule has 0 aliphatic heterocycles. The van der Waals surface area contributed by atoms with Gasteiger partial charge >= 0.3 is 0 Å². The van der Waals surface area contributed by atoms with Crippen LogP contribution >= 0.6 is 11.6 Å². The number of aliphatic hydroxyl groups is 1. The quantitative estimate of drug-likeness (QED) is 0.161. The molecular formula is C24H17ClFN6O3-. The molecule has 0 aliphatic rings. The topological polar surface area (TPSA) is 121 Å². The van der Waals surface area contributed by atoms with E-state index >= 15 is 0 Å². The number of hydrogen-bond acceptors (Lipinski definition) is 8. The second-order valence-electron chi connectivity index (χ2n) is 7.57. The van der Waals surface area contributed by atoms with E-state index in [4.69, 9.17) is 21.5 Å². The van der Waals surface area contributed by atoms with Gasteiger partial charge in [0.25, 0.3) is 0 Å². The summed E-state index contributed by atoms with van der Waals surface area (Å²) in [6.07, 6.45) is 1.62. The van der Waals surface area contributed by atoms with Gasteiger partial charge in [-0.2, -0.15) is 0 Å². The molecule has 9 nitrogen and oxygen atoms in total. The number of halogens is 2. The Morgan fingerprint density at radius 2 is 2.03 bits per heavy atom. The Hall–Kier alpha value is -4.15. The molecule has 176 valence electrons. The second kappa shape index (κ2) is 9.61. The summed E-state index contributed by atoms with van der Waals surface area (Å²) in [5, 5.41) is 33.5. The fourth-order valence-corrected chi connectivity index (χ4v) is 3.85. The Bertz CT molecular complexity index is 1570. The molecule has 0 spiro atoms. The van der Waals surface area contributed by atoms with E-state index in [1.807, 2.05) is 6.07 Å². The standard InChI is InChI=1S/C24H18ClFN6O3/c25-18-11-15(3-4-17(18)24(34)30-35-9-8-33)20-5-6-21-23(28-20)32(31-29-21)13-16-10-14-2-1-7-27-22(14)12-19(16)26/h1-7,10-12,33H,8-9,13H2,(H,30,34)/p-1. The molecule has 0 unspecified atom stereocenters. The van der Waals surface area contributed by atoms with Crippen LogP contribution in [0.2, 0.25) is 5.02 Å². The number of pyridine rings is 2. The van der Waals surface area contributed by atoms with Gasteiger partial charge in [0.15, 0.2) is 5.65 Å². The van der Waals surface area contributed by atoms with Gasteiger partial charge in [0.1, 0.15) is 17.9 Å². The third-order valence-corrected chi connectivity index (χ3v) is 5.59. The van der Waals surface area contributed by atoms with Crippen LogP contribution in [0.5, 0.6) is 0 Å². The number of nitrogens with zero attached hydrogens (tertiary/aromatic N) is 6. The van der Waals surface area contributed by atoms with E-state index in [1.54, 1.807) is 42.6 Å². The average molecular weight is 492 g/mol. The lowest BCUT2D eigenvalue weighted by Crippen LogP contribution is -2.20. The summed E-state index contributed by atoms with van der Waals surface area (Å²) in [5.74, 6) is -1.05. The highest BCUT2D eigenvalue weighted by atomic mass is 35.5. The monoisotopic (exact) mass is 491 g/mol. The molecule has 5 rings (SSSR count). The van der Waals surface area contributed by atoms with Crippen LogP contribution < -0.4 is 5.11 Å². The van der Waals surface area contributed by atoms with E-state index in [0.29, 0.717) is 33.5 Å². The molecule has 1 N–H and O–H groups in total. The lowest BCUT2D eigenvalue weighted by atomic mass is 10.1. The molecule has 3 aromatic heterocycles. The van der Waals surface area contributed by atoms with Crippen molar-refractivity contribution in [3.05, 3.63) is 82.8 Å². The zero-order chi connectivity index (χ0) is 24.4. The van der Waals surface area contributed by atoms with E-state index < -0.39 is 11.7 Å². The largest absolute Gasteiger partial charge is 0.856 e. The number of aromatic nitrogens is 5. The average Bonchev–Trinajstić information content (AvgIpc) is 3.26. The smallest absolute Gasteiger partial charge is 0.179 e. The highest BCUT2D eigenvalue weighted by Crippen LogP contribution is 2.26. The van der Waals surface area contributed by atoms with Crippen LogP contribution in [0.1, 0.15) is 11.1 Å². The summed E-state index contributed by atoms with van der Waals surface area (Å²) in [7, 11) is 0. The third-order valence-electron chi connectivity index (χ3n) is 5.28. The van der Waals surface area contributed by atoms with Gasteiger partial charge in [0.05, 0.1) is 24.4 Å². The molecule has 0 fully saturated rings. The van der Waals surface area contributed by atoms with Gasteiger partial charge < -0.3 is 15.1 Å². The van der Waals surface area contributed by atoms with Crippen molar-refractivity contribution in [1.29, 1.82) is 0 Å². The molecule has 0 saturated carbocycles. The molecule has 0 atom stereocenters. The summed E-state index contributed by atoms with van der Waals surface area (Å²) in [6.45, 7) is -0.214. The molecule has 0 aliphatic carbocycles. The van der Waals surface area contributed by atoms with Crippen LogP contribution in [-0.4, -0.2) is 49.2 Å². The van der Waals surface area contributed by atoms with Crippen molar-refractivity contribution in [1.82, 2.24) is 25.0 Å². The van der Waals surface area contributed by atoms with Crippen molar-refractivity contribution in [2.75, 3.05) is 13.2 Å². The van der Waals surface area contributed by atoms with Gasteiger partial charge in [-0.15, -0.1) is 10.3 Å². The van der Waals surface area contributed by atoms with Crippen molar-refractivity contribution < 1.29 is 19.4 Å². The van der Waals surface area contributed by atoms with Crippen LogP contribution in [0.3, 0.4) is 0 Å². The Balaban J connectivity index is 1.46. The van der Waals surface area contributed by atoms with Crippen molar-refractivity contribution in [3.8, 4) is 11.3 Å². The summed E-state index contributed by atoms with van der Waals surface area (Å²) in [6, 6.07) is 15.1. The summed E-state index contributed by atoms with van der Waals surface area (Å²) in [5.41, 5.74) is 3.40. The van der Waals surface area contributed by atoms with Crippen LogP contribution in [0.25, 0.3) is 33.3 Å². The molecule has 0 amide bonds. The summed E-state index contributed by atoms with van der Waals surface area (Å²) < 4.78 is 16.2. The minimum Gasteiger partial charge on any atom is -0.856 e. The molecule has 2 aromatic carbocycles. The number of hydrogen-bond donors (Lipinski definition) is 1. The normalized spacial score (nSPS) is 11.9. The molecule has 35 heavy (non-hydrogen) atoms. The second-order valence-corrected chi connectivity index (χ2v) is 7.98. The fourth-order valence-electron chi connectivity index (χ4n) is 3.59. The van der Waals surface area contributed by atoms with E-state index in [1.165, 1.54) is 16.8 Å². The third kappa shape index (κ3) is 4.61. The minimum atomic E-state index is -0.659. The zero-order valence-corrected chi connectivity index (χ0v) is 18.9. The Morgan fingerprint density at radius 1 is 1.14 bits per heavy atom. The maximum Gasteiger partial charge on any atom is 0.179 e. The highest BCUT2D eigenvalue weighted by molar-refractivity contribution is 6.33. The van der Waals surface area contributed by atoms with Crippen molar-refractivity contribution >= 4 is 39.6 Å². The van der Waals surface area contributed by atoms with Gasteiger partial charge in [-0.25, -0.2) is 14.1 Å². The molecule has 3 heterocycles. The van der Waals surface area contributed by atoms with E-state index in [0.717, 1.165) is 5.39 Å². The highest BCUT2D eigenvalue weighted by Gasteiger charge is 2.13. The number of benzene rings is 2. The van der Waals surface area contributed by atoms with E-state index in [9.17, 15) is 9.50 Å². The predicted molar refractivity (Wildman–Crippen MR) is 126 cm³/mol. The van der Waals surface area contributed by atoms with Crippen LogP contribution in [0, 0.1) is 5.82 Å². The van der Waals surface area contributed by atoms with Gasteiger partial charge in [0, 0.05) is 45.3 Å². The van der Waals surface area contributed by atoms with Crippen molar-refractivity contribution in [2.24, 2.45) is 5.16 Å². The Morgan fingerprint density at radius 3 is 2.86 bits per heavy atom. The van der Waals surface area contributed by atoms with Gasteiger partial charge in [0.2, 0.25) is 0 Å². The first-order valence-electron chi connectivity index (χ1n) is 10.5. The first-order chi connectivity index (χ1) is 17.0. The maximum absolute atomic E-state index is 14.7. The molecule has 0 bridgehead atoms. The number of fused-ring (bicyclic) bond motifs is 2. The molecule has 5 aromatic rings. The molecular weight excluding hydrogens is 475 g/mol. The molecule has 11 heteroatoms. The van der Waals surface area contributed by atoms with Crippen LogP contribution in [0.15, 0.2) is 65.9 Å². The maximum atomic E-state index is 14.7. The van der Waals surface area contributed by atoms with Crippen molar-refractivity contribution in [3.63, 3.8) is 0 Å². The lowest BCUT2D eigenvalue weighted by molar-refractivity contribution is -0.217.